The van der Waals surface area contributed by atoms with Gasteiger partial charge in [-0.1, -0.05) is 30.3 Å². The Balaban J connectivity index is 1.21. The lowest BCUT2D eigenvalue weighted by molar-refractivity contribution is 0.0946. The zero-order valence-electron chi connectivity index (χ0n) is 21.8. The van der Waals surface area contributed by atoms with Gasteiger partial charge in [-0.15, -0.1) is 11.3 Å². The molecule has 0 aliphatic carbocycles. The third kappa shape index (κ3) is 5.03. The summed E-state index contributed by atoms with van der Waals surface area (Å²) in [4.78, 5) is 34.5. The normalized spacial score (nSPS) is 11.4. The first-order valence-corrected chi connectivity index (χ1v) is 14.1. The first-order valence-electron chi connectivity index (χ1n) is 13.2. The van der Waals surface area contributed by atoms with Crippen LogP contribution in [0.3, 0.4) is 0 Å². The summed E-state index contributed by atoms with van der Waals surface area (Å²) < 4.78 is 13.9. The molecule has 0 aliphatic rings. The van der Waals surface area contributed by atoms with E-state index in [1.807, 2.05) is 48.5 Å². The van der Waals surface area contributed by atoms with E-state index in [-0.39, 0.29) is 23.8 Å². The standard InChI is InChI=1S/C32H23FN6OS/c33-23-7-5-13-34-28(23)17-35-31(40)29-18-41-32(39-29)21-14-19(11-12-30-37-25-9-3-4-10-26(25)38-30)22-15-20-6-1-2-8-24(20)36-27(22)16-21/h1-10,13-16,18H,11-12,17H2,(H,35,40)(H,37,38). The third-order valence-electron chi connectivity index (χ3n) is 7.03. The highest BCUT2D eigenvalue weighted by Crippen LogP contribution is 2.32. The van der Waals surface area contributed by atoms with Crippen molar-refractivity contribution in [2.24, 2.45) is 0 Å². The number of nitrogens with one attached hydrogen (secondary N) is 2. The summed E-state index contributed by atoms with van der Waals surface area (Å²) >= 11 is 1.39. The zero-order valence-corrected chi connectivity index (χ0v) is 22.6. The highest BCUT2D eigenvalue weighted by atomic mass is 32.1. The molecule has 0 aliphatic heterocycles. The van der Waals surface area contributed by atoms with Gasteiger partial charge in [-0.05, 0) is 60.5 Å². The van der Waals surface area contributed by atoms with Crippen molar-refractivity contribution in [3.63, 3.8) is 0 Å². The number of aromatic amines is 1. The van der Waals surface area contributed by atoms with Crippen molar-refractivity contribution in [1.82, 2.24) is 30.2 Å². The van der Waals surface area contributed by atoms with E-state index in [1.165, 1.54) is 29.7 Å². The molecule has 0 radical (unpaired) electrons. The first-order chi connectivity index (χ1) is 20.1. The summed E-state index contributed by atoms with van der Waals surface area (Å²) in [5.74, 6) is 0.0850. The summed E-state index contributed by atoms with van der Waals surface area (Å²) in [5.41, 5.74) is 6.23. The molecule has 2 N–H and O–H groups in total. The van der Waals surface area contributed by atoms with Crippen LogP contribution in [0.5, 0.6) is 0 Å². The van der Waals surface area contributed by atoms with Gasteiger partial charge in [0.1, 0.15) is 22.3 Å². The average molecular weight is 559 g/mol. The molecule has 4 heterocycles. The van der Waals surface area contributed by atoms with Gasteiger partial charge in [0.25, 0.3) is 5.91 Å². The number of aryl methyl sites for hydroxylation is 2. The van der Waals surface area contributed by atoms with Crippen molar-refractivity contribution in [3.05, 3.63) is 119 Å². The quantitative estimate of drug-likeness (QED) is 0.214. The van der Waals surface area contributed by atoms with Crippen LogP contribution in [0.4, 0.5) is 4.39 Å². The fourth-order valence-electron chi connectivity index (χ4n) is 4.97. The Labute approximate surface area is 238 Å². The van der Waals surface area contributed by atoms with Gasteiger partial charge in [-0.25, -0.2) is 19.3 Å². The van der Waals surface area contributed by atoms with E-state index in [0.717, 1.165) is 62.6 Å². The highest BCUT2D eigenvalue weighted by Gasteiger charge is 2.16. The fraction of sp³-hybridized carbons (Fsp3) is 0.0938. The van der Waals surface area contributed by atoms with Gasteiger partial charge in [-0.2, -0.15) is 0 Å². The van der Waals surface area contributed by atoms with Crippen molar-refractivity contribution < 1.29 is 9.18 Å². The molecule has 3 aromatic carbocycles. The third-order valence-corrected chi connectivity index (χ3v) is 7.92. The van der Waals surface area contributed by atoms with E-state index in [4.69, 9.17) is 9.97 Å². The predicted molar refractivity (Wildman–Crippen MR) is 159 cm³/mol. The molecule has 0 bridgehead atoms. The van der Waals surface area contributed by atoms with Crippen molar-refractivity contribution in [3.8, 4) is 10.6 Å². The number of amides is 1. The fourth-order valence-corrected chi connectivity index (χ4v) is 5.76. The molecule has 0 fully saturated rings. The van der Waals surface area contributed by atoms with Crippen LogP contribution in [0.2, 0.25) is 0 Å². The molecular weight excluding hydrogens is 535 g/mol. The molecule has 0 saturated carbocycles. The van der Waals surface area contributed by atoms with Gasteiger partial charge in [-0.3, -0.25) is 9.78 Å². The second-order valence-electron chi connectivity index (χ2n) is 9.74. The summed E-state index contributed by atoms with van der Waals surface area (Å²) in [7, 11) is 0. The molecule has 0 spiro atoms. The molecule has 200 valence electrons. The Morgan fingerprint density at radius 1 is 0.878 bits per heavy atom. The number of benzene rings is 3. The number of hydrogen-bond donors (Lipinski definition) is 2. The lowest BCUT2D eigenvalue weighted by Gasteiger charge is -2.10. The zero-order chi connectivity index (χ0) is 27.8. The maximum absolute atomic E-state index is 13.9. The molecule has 1 amide bonds. The molecule has 7 rings (SSSR count). The number of H-pyrrole nitrogens is 1. The van der Waals surface area contributed by atoms with E-state index in [9.17, 15) is 9.18 Å². The number of imidazole rings is 1. The second kappa shape index (κ2) is 10.5. The van der Waals surface area contributed by atoms with Gasteiger partial charge in [0.05, 0.1) is 34.3 Å². The number of halogens is 1. The van der Waals surface area contributed by atoms with Crippen molar-refractivity contribution >= 4 is 50.1 Å². The number of para-hydroxylation sites is 3. The topological polar surface area (TPSA) is 96.5 Å². The van der Waals surface area contributed by atoms with Crippen LogP contribution in [0.15, 0.2) is 90.4 Å². The lowest BCUT2D eigenvalue weighted by Crippen LogP contribution is -2.24. The van der Waals surface area contributed by atoms with Crippen LogP contribution < -0.4 is 5.32 Å². The van der Waals surface area contributed by atoms with Crippen molar-refractivity contribution in [2.75, 3.05) is 0 Å². The van der Waals surface area contributed by atoms with Crippen LogP contribution >= 0.6 is 11.3 Å². The summed E-state index contributed by atoms with van der Waals surface area (Å²) in [6, 6.07) is 25.3. The van der Waals surface area contributed by atoms with Gasteiger partial charge >= 0.3 is 0 Å². The average Bonchev–Trinajstić information content (AvgIpc) is 3.66. The largest absolute Gasteiger partial charge is 0.345 e. The number of hydrogen-bond acceptors (Lipinski definition) is 6. The molecule has 0 atom stereocenters. The van der Waals surface area contributed by atoms with E-state index in [0.29, 0.717) is 5.01 Å². The number of aromatic nitrogens is 5. The van der Waals surface area contributed by atoms with Crippen LogP contribution in [-0.2, 0) is 19.4 Å². The van der Waals surface area contributed by atoms with Crippen molar-refractivity contribution in [1.29, 1.82) is 0 Å². The molecule has 4 aromatic heterocycles. The van der Waals surface area contributed by atoms with Gasteiger partial charge < -0.3 is 10.3 Å². The van der Waals surface area contributed by atoms with Crippen LogP contribution in [0.25, 0.3) is 43.4 Å². The number of rotatable bonds is 7. The van der Waals surface area contributed by atoms with Crippen LogP contribution in [0, 0.1) is 5.82 Å². The molecule has 0 unspecified atom stereocenters. The predicted octanol–water partition coefficient (Wildman–Crippen LogP) is 6.64. The Morgan fingerprint density at radius 3 is 2.61 bits per heavy atom. The first kappa shape index (κ1) is 25.0. The molecular formula is C32H23FN6OS. The van der Waals surface area contributed by atoms with E-state index < -0.39 is 5.82 Å². The second-order valence-corrected chi connectivity index (χ2v) is 10.6. The maximum atomic E-state index is 13.9. The molecule has 7 nitrogen and oxygen atoms in total. The van der Waals surface area contributed by atoms with Crippen molar-refractivity contribution in [2.45, 2.75) is 19.4 Å². The molecule has 9 heteroatoms. The maximum Gasteiger partial charge on any atom is 0.271 e. The van der Waals surface area contributed by atoms with E-state index >= 15 is 0 Å². The highest BCUT2D eigenvalue weighted by molar-refractivity contribution is 7.13. The molecule has 41 heavy (non-hydrogen) atoms. The number of thiazole rings is 1. The number of nitrogens with zero attached hydrogens (tertiary/aromatic N) is 4. The van der Waals surface area contributed by atoms with E-state index in [1.54, 1.807) is 5.38 Å². The minimum atomic E-state index is -0.460. The molecule has 7 aromatic rings. The minimum absolute atomic E-state index is 0.0166. The Hall–Kier alpha value is -5.02. The summed E-state index contributed by atoms with van der Waals surface area (Å²) in [5, 5.41) is 7.29. The number of carbonyl (C=O) groups is 1. The number of pyridine rings is 2. The van der Waals surface area contributed by atoms with Crippen LogP contribution in [-0.4, -0.2) is 30.8 Å². The monoisotopic (exact) mass is 558 g/mol. The Morgan fingerprint density at radius 2 is 1.73 bits per heavy atom. The Bertz CT molecular complexity index is 2030. The SMILES string of the molecule is O=C(NCc1ncccc1F)c1csc(-c2cc(CCc3nc4ccccc4[nH]3)c3cc4ccccc4nc3c2)n1. The van der Waals surface area contributed by atoms with Gasteiger partial charge in [0, 0.05) is 34.3 Å². The number of fused-ring (bicyclic) bond motifs is 3. The molecule has 0 saturated heterocycles. The lowest BCUT2D eigenvalue weighted by atomic mass is 9.99. The Kier molecular flexibility index (Phi) is 6.41. The summed E-state index contributed by atoms with van der Waals surface area (Å²) in [6.45, 7) is -0.0166. The number of carbonyl (C=O) groups excluding carboxylic acids is 1. The summed E-state index contributed by atoms with van der Waals surface area (Å²) in [6.07, 6.45) is 2.97. The van der Waals surface area contributed by atoms with E-state index in [2.05, 4.69) is 38.5 Å². The minimum Gasteiger partial charge on any atom is -0.345 e. The van der Waals surface area contributed by atoms with Crippen LogP contribution in [0.1, 0.15) is 27.6 Å². The smallest absolute Gasteiger partial charge is 0.271 e. The van der Waals surface area contributed by atoms with Gasteiger partial charge in [0.15, 0.2) is 0 Å². The van der Waals surface area contributed by atoms with Gasteiger partial charge in [0.2, 0.25) is 0 Å².